The SMILES string of the molecule is CN(Cc1nc2ccccc2s1)C(=O)C1CCCC(N)C1. The Kier molecular flexibility index (Phi) is 4.22. The highest BCUT2D eigenvalue weighted by atomic mass is 32.1. The van der Waals surface area contributed by atoms with E-state index >= 15 is 0 Å². The van der Waals surface area contributed by atoms with Crippen molar-refractivity contribution in [3.05, 3.63) is 29.3 Å². The Hall–Kier alpha value is -1.46. The van der Waals surface area contributed by atoms with E-state index < -0.39 is 0 Å². The lowest BCUT2D eigenvalue weighted by Crippen LogP contribution is -2.38. The molecule has 1 aliphatic rings. The first-order valence-electron chi connectivity index (χ1n) is 7.48. The summed E-state index contributed by atoms with van der Waals surface area (Å²) in [5.41, 5.74) is 7.00. The van der Waals surface area contributed by atoms with Crippen LogP contribution in [-0.2, 0) is 11.3 Å². The van der Waals surface area contributed by atoms with Crippen LogP contribution in [-0.4, -0.2) is 28.9 Å². The quantitative estimate of drug-likeness (QED) is 0.948. The normalized spacial score (nSPS) is 22.4. The van der Waals surface area contributed by atoms with Gasteiger partial charge < -0.3 is 10.6 Å². The van der Waals surface area contributed by atoms with E-state index in [1.807, 2.05) is 25.2 Å². The molecule has 112 valence electrons. The lowest BCUT2D eigenvalue weighted by atomic mass is 9.85. The molecule has 1 fully saturated rings. The Morgan fingerprint density at radius 2 is 2.24 bits per heavy atom. The number of hydrogen-bond acceptors (Lipinski definition) is 4. The van der Waals surface area contributed by atoms with Crippen LogP contribution in [0, 0.1) is 5.92 Å². The van der Waals surface area contributed by atoms with Gasteiger partial charge in [0.15, 0.2) is 0 Å². The second-order valence-corrected chi connectivity index (χ2v) is 7.01. The molecule has 0 bridgehead atoms. The minimum atomic E-state index is 0.0909. The highest BCUT2D eigenvalue weighted by Crippen LogP contribution is 2.26. The molecule has 0 saturated heterocycles. The number of thiazole rings is 1. The van der Waals surface area contributed by atoms with Crippen LogP contribution in [0.4, 0.5) is 0 Å². The van der Waals surface area contributed by atoms with Gasteiger partial charge in [0.05, 0.1) is 16.8 Å². The van der Waals surface area contributed by atoms with Crippen molar-refractivity contribution < 1.29 is 4.79 Å². The van der Waals surface area contributed by atoms with Crippen LogP contribution in [0.15, 0.2) is 24.3 Å². The summed E-state index contributed by atoms with van der Waals surface area (Å²) < 4.78 is 1.17. The van der Waals surface area contributed by atoms with Crippen molar-refractivity contribution in [1.82, 2.24) is 9.88 Å². The fourth-order valence-electron chi connectivity index (χ4n) is 3.03. The van der Waals surface area contributed by atoms with E-state index in [9.17, 15) is 4.79 Å². The zero-order valence-corrected chi connectivity index (χ0v) is 13.1. The largest absolute Gasteiger partial charge is 0.339 e. The summed E-state index contributed by atoms with van der Waals surface area (Å²) in [6.45, 7) is 0.587. The van der Waals surface area contributed by atoms with E-state index in [4.69, 9.17) is 5.73 Å². The van der Waals surface area contributed by atoms with Gasteiger partial charge in [-0.15, -0.1) is 11.3 Å². The summed E-state index contributed by atoms with van der Waals surface area (Å²) in [6, 6.07) is 8.27. The number of carbonyl (C=O) groups is 1. The molecular weight excluding hydrogens is 282 g/mol. The van der Waals surface area contributed by atoms with Gasteiger partial charge >= 0.3 is 0 Å². The minimum absolute atomic E-state index is 0.0909. The molecule has 3 rings (SSSR count). The van der Waals surface area contributed by atoms with E-state index in [-0.39, 0.29) is 17.9 Å². The van der Waals surface area contributed by atoms with Crippen LogP contribution in [0.2, 0.25) is 0 Å². The minimum Gasteiger partial charge on any atom is -0.339 e. The fraction of sp³-hybridized carbons (Fsp3) is 0.500. The maximum Gasteiger partial charge on any atom is 0.225 e. The number of nitrogens with zero attached hydrogens (tertiary/aromatic N) is 2. The van der Waals surface area contributed by atoms with Crippen LogP contribution in [0.3, 0.4) is 0 Å². The molecule has 1 saturated carbocycles. The average molecular weight is 303 g/mol. The van der Waals surface area contributed by atoms with Gasteiger partial charge in [-0.05, 0) is 31.4 Å². The predicted molar refractivity (Wildman–Crippen MR) is 86.0 cm³/mol. The van der Waals surface area contributed by atoms with Crippen LogP contribution >= 0.6 is 11.3 Å². The van der Waals surface area contributed by atoms with Gasteiger partial charge in [-0.25, -0.2) is 4.98 Å². The molecule has 1 heterocycles. The van der Waals surface area contributed by atoms with Crippen LogP contribution in [0.5, 0.6) is 0 Å². The molecular formula is C16H21N3OS. The molecule has 2 atom stereocenters. The van der Waals surface area contributed by atoms with Crippen molar-refractivity contribution in [3.8, 4) is 0 Å². The van der Waals surface area contributed by atoms with Gasteiger partial charge in [0.2, 0.25) is 5.91 Å². The molecule has 1 amide bonds. The smallest absolute Gasteiger partial charge is 0.225 e. The number of rotatable bonds is 3. The maximum absolute atomic E-state index is 12.5. The lowest BCUT2D eigenvalue weighted by molar-refractivity contribution is -0.135. The fourth-order valence-corrected chi connectivity index (χ4v) is 4.05. The van der Waals surface area contributed by atoms with E-state index in [1.165, 1.54) is 4.70 Å². The number of fused-ring (bicyclic) bond motifs is 1. The van der Waals surface area contributed by atoms with Crippen LogP contribution in [0.25, 0.3) is 10.2 Å². The monoisotopic (exact) mass is 303 g/mol. The molecule has 2 aromatic rings. The van der Waals surface area contributed by atoms with Gasteiger partial charge in [0.1, 0.15) is 5.01 Å². The molecule has 0 aliphatic heterocycles. The highest BCUT2D eigenvalue weighted by molar-refractivity contribution is 7.18. The van der Waals surface area contributed by atoms with Gasteiger partial charge in [-0.3, -0.25) is 4.79 Å². The summed E-state index contributed by atoms with van der Waals surface area (Å²) >= 11 is 1.66. The topological polar surface area (TPSA) is 59.2 Å². The third-order valence-electron chi connectivity index (χ3n) is 4.15. The summed E-state index contributed by atoms with van der Waals surface area (Å²) in [7, 11) is 1.87. The standard InChI is InChI=1S/C16H21N3OS/c1-19(16(20)11-5-4-6-12(17)9-11)10-15-18-13-7-2-3-8-14(13)21-15/h2-3,7-8,11-12H,4-6,9-10,17H2,1H3. The average Bonchev–Trinajstić information content (AvgIpc) is 2.88. The Labute approximate surface area is 129 Å². The van der Waals surface area contributed by atoms with Crippen molar-refractivity contribution in [3.63, 3.8) is 0 Å². The van der Waals surface area contributed by atoms with Crippen molar-refractivity contribution in [2.45, 2.75) is 38.3 Å². The summed E-state index contributed by atoms with van der Waals surface area (Å²) in [4.78, 5) is 18.9. The first-order valence-corrected chi connectivity index (χ1v) is 8.30. The lowest BCUT2D eigenvalue weighted by Gasteiger charge is -2.29. The Morgan fingerprint density at radius 1 is 1.43 bits per heavy atom. The Morgan fingerprint density at radius 3 is 3.00 bits per heavy atom. The second-order valence-electron chi connectivity index (χ2n) is 5.89. The van der Waals surface area contributed by atoms with Gasteiger partial charge in [-0.1, -0.05) is 18.6 Å². The first-order chi connectivity index (χ1) is 10.1. The molecule has 0 radical (unpaired) electrons. The van der Waals surface area contributed by atoms with Gasteiger partial charge in [-0.2, -0.15) is 0 Å². The maximum atomic E-state index is 12.5. The number of para-hydroxylation sites is 1. The molecule has 2 unspecified atom stereocenters. The molecule has 0 spiro atoms. The van der Waals surface area contributed by atoms with E-state index in [0.717, 1.165) is 36.2 Å². The summed E-state index contributed by atoms with van der Waals surface area (Å²) in [5, 5.41) is 0.993. The molecule has 2 N–H and O–H groups in total. The van der Waals surface area contributed by atoms with E-state index in [2.05, 4.69) is 11.1 Å². The van der Waals surface area contributed by atoms with E-state index in [0.29, 0.717) is 6.54 Å². The van der Waals surface area contributed by atoms with Crippen molar-refractivity contribution in [2.75, 3.05) is 7.05 Å². The Balaban J connectivity index is 1.67. The van der Waals surface area contributed by atoms with Gasteiger partial charge in [0.25, 0.3) is 0 Å². The predicted octanol–water partition coefficient (Wildman–Crippen LogP) is 2.77. The molecule has 1 aromatic carbocycles. The summed E-state index contributed by atoms with van der Waals surface area (Å²) in [6.07, 6.45) is 3.90. The number of nitrogens with two attached hydrogens (primary N) is 1. The first kappa shape index (κ1) is 14.5. The van der Waals surface area contributed by atoms with Crippen LogP contribution in [0.1, 0.15) is 30.7 Å². The molecule has 1 aliphatic carbocycles. The van der Waals surface area contributed by atoms with Crippen LogP contribution < -0.4 is 5.73 Å². The Bertz CT molecular complexity index is 606. The second kappa shape index (κ2) is 6.12. The number of hydrogen-bond donors (Lipinski definition) is 1. The molecule has 1 aromatic heterocycles. The number of benzene rings is 1. The van der Waals surface area contributed by atoms with Gasteiger partial charge in [0, 0.05) is 19.0 Å². The number of amides is 1. The number of carbonyl (C=O) groups excluding carboxylic acids is 1. The molecule has 5 heteroatoms. The zero-order valence-electron chi connectivity index (χ0n) is 12.3. The number of aromatic nitrogens is 1. The van der Waals surface area contributed by atoms with E-state index in [1.54, 1.807) is 16.2 Å². The third kappa shape index (κ3) is 3.24. The highest BCUT2D eigenvalue weighted by Gasteiger charge is 2.27. The summed E-state index contributed by atoms with van der Waals surface area (Å²) in [5.74, 6) is 0.303. The zero-order chi connectivity index (χ0) is 14.8. The van der Waals surface area contributed by atoms with Crippen molar-refractivity contribution in [2.24, 2.45) is 11.7 Å². The van der Waals surface area contributed by atoms with Crippen molar-refractivity contribution in [1.29, 1.82) is 0 Å². The van der Waals surface area contributed by atoms with Crippen molar-refractivity contribution >= 4 is 27.5 Å². The molecule has 4 nitrogen and oxygen atoms in total. The third-order valence-corrected chi connectivity index (χ3v) is 5.17. The molecule has 21 heavy (non-hydrogen) atoms.